The molecule has 1 aliphatic heterocycles. The summed E-state index contributed by atoms with van der Waals surface area (Å²) in [5, 5.41) is 8.93. The number of halogens is 1. The van der Waals surface area contributed by atoms with Crippen molar-refractivity contribution in [3.8, 4) is 6.07 Å². The van der Waals surface area contributed by atoms with Crippen LogP contribution >= 0.6 is 0 Å². The summed E-state index contributed by atoms with van der Waals surface area (Å²) < 4.78 is 18.0. The number of amides is 1. The van der Waals surface area contributed by atoms with E-state index in [1.165, 1.54) is 4.90 Å². The van der Waals surface area contributed by atoms with E-state index >= 15 is 0 Å². The van der Waals surface area contributed by atoms with Gasteiger partial charge in [-0.05, 0) is 33.6 Å². The van der Waals surface area contributed by atoms with Crippen molar-refractivity contribution in [3.05, 3.63) is 0 Å². The van der Waals surface area contributed by atoms with Crippen molar-refractivity contribution >= 4 is 6.09 Å². The van der Waals surface area contributed by atoms with Crippen molar-refractivity contribution in [1.29, 1.82) is 5.26 Å². The Labute approximate surface area is 101 Å². The summed E-state index contributed by atoms with van der Waals surface area (Å²) in [4.78, 5) is 13.3. The predicted octanol–water partition coefficient (Wildman–Crippen LogP) is 2.50. The molecule has 5 heteroatoms. The Kier molecular flexibility index (Phi) is 3.97. The zero-order chi connectivity index (χ0) is 13.1. The van der Waals surface area contributed by atoms with Gasteiger partial charge in [-0.15, -0.1) is 0 Å². The lowest BCUT2D eigenvalue weighted by molar-refractivity contribution is 0.0130. The minimum absolute atomic E-state index is 0.374. The van der Waals surface area contributed by atoms with Crippen molar-refractivity contribution in [2.45, 2.75) is 39.2 Å². The van der Waals surface area contributed by atoms with E-state index < -0.39 is 17.7 Å². The summed E-state index contributed by atoms with van der Waals surface area (Å²) in [7, 11) is 0. The minimum atomic E-state index is -0.904. The molecule has 4 nitrogen and oxygen atoms in total. The zero-order valence-corrected chi connectivity index (χ0v) is 10.6. The van der Waals surface area contributed by atoms with Gasteiger partial charge in [0.05, 0.1) is 11.5 Å². The van der Waals surface area contributed by atoms with Gasteiger partial charge in [-0.25, -0.2) is 9.18 Å². The van der Waals surface area contributed by atoms with Crippen molar-refractivity contribution in [2.24, 2.45) is 5.41 Å². The number of hydrogen-bond acceptors (Lipinski definition) is 3. The van der Waals surface area contributed by atoms with E-state index in [-0.39, 0.29) is 6.09 Å². The van der Waals surface area contributed by atoms with Gasteiger partial charge in [-0.1, -0.05) is 0 Å². The van der Waals surface area contributed by atoms with Crippen molar-refractivity contribution in [1.82, 2.24) is 4.90 Å². The van der Waals surface area contributed by atoms with Gasteiger partial charge in [0.2, 0.25) is 0 Å². The first-order valence-electron chi connectivity index (χ1n) is 5.77. The highest BCUT2D eigenvalue weighted by molar-refractivity contribution is 5.68. The SMILES string of the molecule is CC(C)(C)OC(=O)N1CCC(C#N)(CF)CC1. The number of piperidine rings is 1. The number of likely N-dealkylation sites (tertiary alicyclic amines) is 1. The largest absolute Gasteiger partial charge is 0.444 e. The molecule has 1 aliphatic rings. The van der Waals surface area contributed by atoms with Crippen LogP contribution in [0.4, 0.5) is 9.18 Å². The first kappa shape index (κ1) is 13.8. The molecule has 1 fully saturated rings. The fourth-order valence-electron chi connectivity index (χ4n) is 1.72. The van der Waals surface area contributed by atoms with Crippen LogP contribution < -0.4 is 0 Å². The van der Waals surface area contributed by atoms with E-state index in [0.717, 1.165) is 0 Å². The highest BCUT2D eigenvalue weighted by atomic mass is 19.1. The van der Waals surface area contributed by atoms with Crippen LogP contribution in [0.2, 0.25) is 0 Å². The molecular formula is C12H19FN2O2. The lowest BCUT2D eigenvalue weighted by Crippen LogP contribution is -2.45. The number of carbonyl (C=O) groups is 1. The molecule has 0 bridgehead atoms. The normalized spacial score (nSPS) is 19.6. The minimum Gasteiger partial charge on any atom is -0.444 e. The van der Waals surface area contributed by atoms with Crippen molar-refractivity contribution < 1.29 is 13.9 Å². The van der Waals surface area contributed by atoms with Crippen LogP contribution in [0, 0.1) is 16.7 Å². The summed E-state index contributed by atoms with van der Waals surface area (Å²) in [5.41, 5.74) is -1.43. The lowest BCUT2D eigenvalue weighted by atomic mass is 9.81. The summed E-state index contributed by atoms with van der Waals surface area (Å²) in [5.74, 6) is 0. The summed E-state index contributed by atoms with van der Waals surface area (Å²) in [6.45, 7) is 5.52. The maximum Gasteiger partial charge on any atom is 0.410 e. The Balaban J connectivity index is 2.53. The molecule has 1 heterocycles. The second-order valence-electron chi connectivity index (χ2n) is 5.49. The van der Waals surface area contributed by atoms with Crippen LogP contribution in [-0.2, 0) is 4.74 Å². The van der Waals surface area contributed by atoms with E-state index in [4.69, 9.17) is 10.00 Å². The second-order valence-corrected chi connectivity index (χ2v) is 5.49. The highest BCUT2D eigenvalue weighted by Crippen LogP contribution is 2.31. The quantitative estimate of drug-likeness (QED) is 0.709. The molecule has 0 atom stereocenters. The molecule has 0 radical (unpaired) electrons. The number of rotatable bonds is 1. The third-order valence-electron chi connectivity index (χ3n) is 2.87. The van der Waals surface area contributed by atoms with Gasteiger partial charge >= 0.3 is 6.09 Å². The Hall–Kier alpha value is -1.31. The third kappa shape index (κ3) is 3.58. The average molecular weight is 242 g/mol. The van der Waals surface area contributed by atoms with E-state index in [1.807, 2.05) is 6.07 Å². The van der Waals surface area contributed by atoms with Crippen LogP contribution in [0.5, 0.6) is 0 Å². The zero-order valence-electron chi connectivity index (χ0n) is 10.6. The van der Waals surface area contributed by atoms with E-state index in [0.29, 0.717) is 25.9 Å². The molecule has 0 aromatic carbocycles. The molecular weight excluding hydrogens is 223 g/mol. The number of nitriles is 1. The second kappa shape index (κ2) is 4.91. The van der Waals surface area contributed by atoms with Crippen molar-refractivity contribution in [2.75, 3.05) is 19.8 Å². The number of ether oxygens (including phenoxy) is 1. The average Bonchev–Trinajstić information content (AvgIpc) is 2.27. The number of carbonyl (C=O) groups excluding carboxylic acids is 1. The van der Waals surface area contributed by atoms with Gasteiger partial charge in [0.15, 0.2) is 0 Å². The van der Waals surface area contributed by atoms with Crippen LogP contribution in [0.1, 0.15) is 33.6 Å². The van der Waals surface area contributed by atoms with Crippen LogP contribution in [0.25, 0.3) is 0 Å². The molecule has 1 amide bonds. The van der Waals surface area contributed by atoms with Crippen LogP contribution in [0.15, 0.2) is 0 Å². The highest BCUT2D eigenvalue weighted by Gasteiger charge is 2.37. The topological polar surface area (TPSA) is 53.3 Å². The van der Waals surface area contributed by atoms with E-state index in [1.54, 1.807) is 20.8 Å². The van der Waals surface area contributed by atoms with Gasteiger partial charge in [0, 0.05) is 13.1 Å². The molecule has 0 N–H and O–H groups in total. The molecule has 1 rings (SSSR count). The third-order valence-corrected chi connectivity index (χ3v) is 2.87. The monoisotopic (exact) mass is 242 g/mol. The smallest absolute Gasteiger partial charge is 0.410 e. The Bertz CT molecular complexity index is 322. The number of nitrogens with zero attached hydrogens (tertiary/aromatic N) is 2. The molecule has 0 saturated carbocycles. The maximum atomic E-state index is 12.8. The molecule has 1 saturated heterocycles. The molecule has 0 unspecified atom stereocenters. The summed E-state index contributed by atoms with van der Waals surface area (Å²) in [6, 6.07) is 2.02. The Morgan fingerprint density at radius 2 is 2.00 bits per heavy atom. The Morgan fingerprint density at radius 1 is 1.47 bits per heavy atom. The summed E-state index contributed by atoms with van der Waals surface area (Å²) >= 11 is 0. The van der Waals surface area contributed by atoms with Gasteiger partial charge in [0.1, 0.15) is 12.3 Å². The van der Waals surface area contributed by atoms with E-state index in [9.17, 15) is 9.18 Å². The predicted molar refractivity (Wildman–Crippen MR) is 61.1 cm³/mol. The number of alkyl halides is 1. The lowest BCUT2D eigenvalue weighted by Gasteiger charge is -2.36. The van der Waals surface area contributed by atoms with Crippen LogP contribution in [-0.4, -0.2) is 36.4 Å². The standard InChI is InChI=1S/C12H19FN2O2/c1-11(2,3)17-10(16)15-6-4-12(8-13,9-14)5-7-15/h4-8H2,1-3H3. The van der Waals surface area contributed by atoms with Crippen molar-refractivity contribution in [3.63, 3.8) is 0 Å². The van der Waals surface area contributed by atoms with Gasteiger partial charge in [-0.2, -0.15) is 5.26 Å². The summed E-state index contributed by atoms with van der Waals surface area (Å²) in [6.07, 6.45) is 0.362. The van der Waals surface area contributed by atoms with E-state index in [2.05, 4.69) is 0 Å². The fraction of sp³-hybridized carbons (Fsp3) is 0.833. The fourth-order valence-corrected chi connectivity index (χ4v) is 1.72. The first-order chi connectivity index (χ1) is 7.82. The number of hydrogen-bond donors (Lipinski definition) is 0. The molecule has 96 valence electrons. The van der Waals surface area contributed by atoms with Gasteiger partial charge in [0.25, 0.3) is 0 Å². The Morgan fingerprint density at radius 3 is 2.35 bits per heavy atom. The maximum absolute atomic E-state index is 12.8. The molecule has 0 aliphatic carbocycles. The van der Waals surface area contributed by atoms with Crippen LogP contribution in [0.3, 0.4) is 0 Å². The molecule has 17 heavy (non-hydrogen) atoms. The molecule has 0 spiro atoms. The molecule has 0 aromatic heterocycles. The van der Waals surface area contributed by atoms with Gasteiger partial charge in [-0.3, -0.25) is 0 Å². The first-order valence-corrected chi connectivity index (χ1v) is 5.77. The van der Waals surface area contributed by atoms with Gasteiger partial charge < -0.3 is 9.64 Å². The molecule has 0 aromatic rings.